The monoisotopic (exact) mass is 279 g/mol. The highest BCUT2D eigenvalue weighted by Crippen LogP contribution is 2.41. The molecule has 0 radical (unpaired) electrons. The van der Waals surface area contributed by atoms with Crippen molar-refractivity contribution in [2.24, 2.45) is 5.73 Å². The second-order valence-electron chi connectivity index (χ2n) is 5.42. The molecule has 0 amide bonds. The molecule has 4 heteroatoms. The molecule has 2 N–H and O–H groups in total. The van der Waals surface area contributed by atoms with Crippen molar-refractivity contribution in [3.8, 4) is 11.5 Å². The van der Waals surface area contributed by atoms with Crippen molar-refractivity contribution in [2.45, 2.75) is 43.7 Å². The van der Waals surface area contributed by atoms with Gasteiger partial charge in [-0.1, -0.05) is 25.3 Å². The van der Waals surface area contributed by atoms with Gasteiger partial charge in [-0.2, -0.15) is 0 Å². The van der Waals surface area contributed by atoms with Gasteiger partial charge in [0.1, 0.15) is 0 Å². The van der Waals surface area contributed by atoms with Crippen LogP contribution in [0.15, 0.2) is 18.2 Å². The van der Waals surface area contributed by atoms with Crippen LogP contribution in [0.3, 0.4) is 0 Å². The molecule has 0 saturated heterocycles. The van der Waals surface area contributed by atoms with Crippen LogP contribution in [0.5, 0.6) is 11.5 Å². The quantitative estimate of drug-likeness (QED) is 0.900. The average molecular weight is 279 g/mol. The molecule has 1 aliphatic carbocycles. The third-order valence-corrected chi connectivity index (χ3v) is 4.44. The molecule has 1 atom stereocenters. The van der Waals surface area contributed by atoms with Crippen molar-refractivity contribution >= 4 is 0 Å². The number of rotatable bonds is 5. The summed E-state index contributed by atoms with van der Waals surface area (Å²) in [6, 6.07) is 5.72. The van der Waals surface area contributed by atoms with E-state index in [0.717, 1.165) is 24.2 Å². The highest BCUT2D eigenvalue weighted by Gasteiger charge is 2.39. The minimum atomic E-state index is -0.252. The van der Waals surface area contributed by atoms with Gasteiger partial charge in [-0.25, -0.2) is 0 Å². The zero-order valence-corrected chi connectivity index (χ0v) is 12.6. The Kier molecular flexibility index (Phi) is 4.89. The molecule has 0 spiro atoms. The third kappa shape index (κ3) is 2.76. The lowest BCUT2D eigenvalue weighted by molar-refractivity contribution is -0.0595. The Morgan fingerprint density at radius 1 is 1.00 bits per heavy atom. The second-order valence-corrected chi connectivity index (χ2v) is 5.42. The van der Waals surface area contributed by atoms with Crippen molar-refractivity contribution in [1.29, 1.82) is 0 Å². The topological polar surface area (TPSA) is 53.7 Å². The SMILES string of the molecule is COc1ccc(C(N)C2(OC)CCCCC2)cc1OC. The van der Waals surface area contributed by atoms with Gasteiger partial charge in [-0.15, -0.1) is 0 Å². The molecular weight excluding hydrogens is 254 g/mol. The van der Waals surface area contributed by atoms with Gasteiger partial charge in [-0.05, 0) is 30.5 Å². The van der Waals surface area contributed by atoms with Crippen LogP contribution >= 0.6 is 0 Å². The first-order valence-electron chi connectivity index (χ1n) is 7.19. The van der Waals surface area contributed by atoms with Crippen LogP contribution in [0.4, 0.5) is 0 Å². The van der Waals surface area contributed by atoms with Crippen molar-refractivity contribution in [3.63, 3.8) is 0 Å². The summed E-state index contributed by atoms with van der Waals surface area (Å²) >= 11 is 0. The van der Waals surface area contributed by atoms with E-state index in [-0.39, 0.29) is 11.6 Å². The van der Waals surface area contributed by atoms with Crippen molar-refractivity contribution in [3.05, 3.63) is 23.8 Å². The molecule has 1 fully saturated rings. The molecule has 0 heterocycles. The highest BCUT2D eigenvalue weighted by atomic mass is 16.5. The number of benzene rings is 1. The minimum absolute atomic E-state index is 0.146. The first kappa shape index (κ1) is 15.1. The van der Waals surface area contributed by atoms with Crippen molar-refractivity contribution in [1.82, 2.24) is 0 Å². The number of hydrogen-bond acceptors (Lipinski definition) is 4. The Morgan fingerprint density at radius 2 is 1.65 bits per heavy atom. The molecule has 1 aromatic carbocycles. The first-order chi connectivity index (χ1) is 9.66. The lowest BCUT2D eigenvalue weighted by Crippen LogP contribution is -2.44. The van der Waals surface area contributed by atoms with Crippen LogP contribution in [-0.2, 0) is 4.74 Å². The predicted molar refractivity (Wildman–Crippen MR) is 79.3 cm³/mol. The molecular formula is C16H25NO3. The largest absolute Gasteiger partial charge is 0.493 e. The van der Waals surface area contributed by atoms with Crippen molar-refractivity contribution in [2.75, 3.05) is 21.3 Å². The van der Waals surface area contributed by atoms with Gasteiger partial charge >= 0.3 is 0 Å². The Labute approximate surface area is 121 Å². The van der Waals surface area contributed by atoms with Gasteiger partial charge < -0.3 is 19.9 Å². The first-order valence-corrected chi connectivity index (χ1v) is 7.19. The number of nitrogens with two attached hydrogens (primary N) is 1. The Hall–Kier alpha value is -1.26. The van der Waals surface area contributed by atoms with Gasteiger partial charge in [0.15, 0.2) is 11.5 Å². The van der Waals surface area contributed by atoms with Crippen LogP contribution in [0.25, 0.3) is 0 Å². The molecule has 1 aliphatic rings. The third-order valence-electron chi connectivity index (χ3n) is 4.44. The molecule has 1 aromatic rings. The van der Waals surface area contributed by atoms with Gasteiger partial charge in [0.25, 0.3) is 0 Å². The Morgan fingerprint density at radius 3 is 2.20 bits per heavy atom. The second kappa shape index (κ2) is 6.46. The summed E-state index contributed by atoms with van der Waals surface area (Å²) in [6.45, 7) is 0. The zero-order valence-electron chi connectivity index (χ0n) is 12.6. The molecule has 0 bridgehead atoms. The molecule has 0 aromatic heterocycles. The highest BCUT2D eigenvalue weighted by molar-refractivity contribution is 5.44. The summed E-state index contributed by atoms with van der Waals surface area (Å²) in [5.41, 5.74) is 7.29. The fraction of sp³-hybridized carbons (Fsp3) is 0.625. The van der Waals surface area contributed by atoms with E-state index in [2.05, 4.69) is 0 Å². The number of methoxy groups -OCH3 is 3. The standard InChI is InChI=1S/C16H25NO3/c1-18-13-8-7-12(11-14(13)19-2)15(17)16(20-3)9-5-4-6-10-16/h7-8,11,15H,4-6,9-10,17H2,1-3H3. The summed E-state index contributed by atoms with van der Waals surface area (Å²) in [4.78, 5) is 0. The van der Waals surface area contributed by atoms with Crippen LogP contribution in [0.2, 0.25) is 0 Å². The van der Waals surface area contributed by atoms with Crippen LogP contribution in [-0.4, -0.2) is 26.9 Å². The Balaban J connectivity index is 2.29. The molecule has 0 aliphatic heterocycles. The Bertz CT molecular complexity index is 441. The maximum atomic E-state index is 6.51. The van der Waals surface area contributed by atoms with Gasteiger partial charge in [-0.3, -0.25) is 0 Å². The average Bonchev–Trinajstić information content (AvgIpc) is 2.54. The van der Waals surface area contributed by atoms with E-state index in [1.165, 1.54) is 19.3 Å². The van der Waals surface area contributed by atoms with E-state index in [4.69, 9.17) is 19.9 Å². The van der Waals surface area contributed by atoms with Crippen LogP contribution in [0.1, 0.15) is 43.7 Å². The summed E-state index contributed by atoms with van der Waals surface area (Å²) in [7, 11) is 5.04. The smallest absolute Gasteiger partial charge is 0.161 e. The van der Waals surface area contributed by atoms with Gasteiger partial charge in [0, 0.05) is 7.11 Å². The van der Waals surface area contributed by atoms with E-state index >= 15 is 0 Å². The molecule has 20 heavy (non-hydrogen) atoms. The van der Waals surface area contributed by atoms with E-state index in [1.807, 2.05) is 18.2 Å². The number of ether oxygens (including phenoxy) is 3. The maximum Gasteiger partial charge on any atom is 0.161 e. The fourth-order valence-corrected chi connectivity index (χ4v) is 3.14. The molecule has 1 unspecified atom stereocenters. The fourth-order valence-electron chi connectivity index (χ4n) is 3.14. The van der Waals surface area contributed by atoms with Crippen molar-refractivity contribution < 1.29 is 14.2 Å². The van der Waals surface area contributed by atoms with Crippen LogP contribution in [0, 0.1) is 0 Å². The minimum Gasteiger partial charge on any atom is -0.493 e. The van der Waals surface area contributed by atoms with Crippen LogP contribution < -0.4 is 15.2 Å². The summed E-state index contributed by atoms with van der Waals surface area (Å²) in [5, 5.41) is 0. The maximum absolute atomic E-state index is 6.51. The molecule has 112 valence electrons. The molecule has 4 nitrogen and oxygen atoms in total. The van der Waals surface area contributed by atoms with E-state index in [0.29, 0.717) is 5.75 Å². The normalized spacial score (nSPS) is 19.4. The summed E-state index contributed by atoms with van der Waals surface area (Å²) < 4.78 is 16.5. The van der Waals surface area contributed by atoms with Gasteiger partial charge in [0.05, 0.1) is 25.9 Å². The lowest BCUT2D eigenvalue weighted by atomic mass is 9.77. The lowest BCUT2D eigenvalue weighted by Gasteiger charge is -2.41. The van der Waals surface area contributed by atoms with E-state index in [9.17, 15) is 0 Å². The van der Waals surface area contributed by atoms with E-state index in [1.54, 1.807) is 21.3 Å². The zero-order chi connectivity index (χ0) is 14.6. The summed E-state index contributed by atoms with van der Waals surface area (Å²) in [6.07, 6.45) is 5.64. The predicted octanol–water partition coefficient (Wildman–Crippen LogP) is 3.05. The van der Waals surface area contributed by atoms with E-state index < -0.39 is 0 Å². The molecule has 2 rings (SSSR count). The number of hydrogen-bond donors (Lipinski definition) is 1. The molecule has 1 saturated carbocycles. The van der Waals surface area contributed by atoms with Gasteiger partial charge in [0.2, 0.25) is 0 Å². The summed E-state index contributed by atoms with van der Waals surface area (Å²) in [5.74, 6) is 1.43.